The minimum atomic E-state index is 0. The van der Waals surface area contributed by atoms with Gasteiger partial charge < -0.3 is 12.3 Å². The summed E-state index contributed by atoms with van der Waals surface area (Å²) in [6, 6.07) is 0. The Morgan fingerprint density at radius 3 is 0.750 bits per heavy atom. The zero-order valence-electron chi connectivity index (χ0n) is 2.12. The fourth-order valence-corrected chi connectivity index (χ4v) is 0. The molecule has 0 unspecified atom stereocenters. The van der Waals surface area contributed by atoms with Crippen molar-refractivity contribution in [1.82, 2.24) is 12.3 Å². The summed E-state index contributed by atoms with van der Waals surface area (Å²) in [5, 5.41) is 0. The SMILES string of the molecule is Cl.N.N.[Cu]. The number of hydrogen-bond acceptors (Lipinski definition) is 2. The van der Waals surface area contributed by atoms with E-state index in [2.05, 4.69) is 0 Å². The van der Waals surface area contributed by atoms with Crippen LogP contribution >= 0.6 is 12.4 Å². The Morgan fingerprint density at radius 1 is 0.750 bits per heavy atom. The molecule has 0 aromatic carbocycles. The maximum absolute atomic E-state index is 0. The Labute approximate surface area is 42.4 Å². The maximum atomic E-state index is 0. The summed E-state index contributed by atoms with van der Waals surface area (Å²) in [5.41, 5.74) is 0. The Kier molecular flexibility index (Phi) is 1610. The van der Waals surface area contributed by atoms with Gasteiger partial charge in [-0.2, -0.15) is 0 Å². The molecule has 0 amide bonds. The molecule has 0 bridgehead atoms. The summed E-state index contributed by atoms with van der Waals surface area (Å²) >= 11 is 0. The van der Waals surface area contributed by atoms with E-state index in [1.807, 2.05) is 0 Å². The van der Waals surface area contributed by atoms with Crippen LogP contribution in [0.25, 0.3) is 0 Å². The molecule has 0 aliphatic heterocycles. The first-order valence-electron chi connectivity index (χ1n) is 0. The number of rotatable bonds is 0. The van der Waals surface area contributed by atoms with Crippen LogP contribution in [0.5, 0.6) is 0 Å². The first kappa shape index (κ1) is 124. The van der Waals surface area contributed by atoms with Crippen molar-refractivity contribution >= 4 is 12.4 Å². The van der Waals surface area contributed by atoms with E-state index in [0.29, 0.717) is 0 Å². The van der Waals surface area contributed by atoms with Gasteiger partial charge in [-0.05, 0) is 0 Å². The van der Waals surface area contributed by atoms with E-state index in [4.69, 9.17) is 0 Å². The predicted molar refractivity (Wildman–Crippen MR) is 17.3 cm³/mol. The summed E-state index contributed by atoms with van der Waals surface area (Å²) in [5.74, 6) is 0. The maximum Gasteiger partial charge on any atom is 0 e. The van der Waals surface area contributed by atoms with Gasteiger partial charge in [-0.25, -0.2) is 0 Å². The Bertz CT molecular complexity index is 6.00. The zero-order chi connectivity index (χ0) is 0. The summed E-state index contributed by atoms with van der Waals surface area (Å²) in [7, 11) is 0. The van der Waals surface area contributed by atoms with Gasteiger partial charge in [0.2, 0.25) is 0 Å². The first-order chi connectivity index (χ1) is 0. The van der Waals surface area contributed by atoms with Gasteiger partial charge in [0.1, 0.15) is 0 Å². The van der Waals surface area contributed by atoms with E-state index < -0.39 is 0 Å². The molecule has 0 aliphatic carbocycles. The summed E-state index contributed by atoms with van der Waals surface area (Å²) < 4.78 is 0. The molecule has 0 saturated carbocycles. The van der Waals surface area contributed by atoms with Crippen LogP contribution < -0.4 is 12.3 Å². The minimum Gasteiger partial charge on any atom is -0.344 e. The van der Waals surface area contributed by atoms with Crippen LogP contribution in [0.15, 0.2) is 0 Å². The van der Waals surface area contributed by atoms with Crippen LogP contribution in [0.1, 0.15) is 0 Å². The molecular formula is H7ClCuN2. The normalized spacial score (nSPS) is 0. The van der Waals surface area contributed by atoms with E-state index in [1.54, 1.807) is 0 Å². The fourth-order valence-electron chi connectivity index (χ4n) is 0. The molecule has 1 radical (unpaired) electrons. The quantitative estimate of drug-likeness (QED) is 0.479. The fraction of sp³-hybridized carbons (Fsp3) is 0. The van der Waals surface area contributed by atoms with Crippen molar-refractivity contribution in [2.45, 2.75) is 0 Å². The number of halogens is 1. The molecule has 0 aliphatic rings. The molecule has 6 N–H and O–H groups in total. The molecule has 0 heterocycles. The standard InChI is InChI=1S/ClH.Cu.2H3N/h1H;;2*1H3. The van der Waals surface area contributed by atoms with E-state index in [9.17, 15) is 0 Å². The molecule has 0 atom stereocenters. The van der Waals surface area contributed by atoms with Crippen LogP contribution in [0, 0.1) is 0 Å². The largest absolute Gasteiger partial charge is 0.344 e. The Balaban J connectivity index is 0. The van der Waals surface area contributed by atoms with E-state index in [0.717, 1.165) is 0 Å². The van der Waals surface area contributed by atoms with Gasteiger partial charge in [0, 0.05) is 17.1 Å². The number of hydrogen-bond donors (Lipinski definition) is 2. The first-order valence-corrected chi connectivity index (χ1v) is 0. The van der Waals surface area contributed by atoms with Gasteiger partial charge in [-0.1, -0.05) is 0 Å². The van der Waals surface area contributed by atoms with Crippen LogP contribution in [-0.2, 0) is 17.1 Å². The third-order valence-electron chi connectivity index (χ3n) is 0. The zero-order valence-corrected chi connectivity index (χ0v) is 3.88. The van der Waals surface area contributed by atoms with E-state index >= 15 is 0 Å². The van der Waals surface area contributed by atoms with Crippen molar-refractivity contribution in [2.24, 2.45) is 0 Å². The second-order valence-electron chi connectivity index (χ2n) is 0. The second kappa shape index (κ2) is 52.2. The molecule has 0 fully saturated rings. The Hall–Kier alpha value is 0.729. The molecule has 0 saturated heterocycles. The molecule has 2 nitrogen and oxygen atoms in total. The smallest absolute Gasteiger partial charge is 0 e. The Morgan fingerprint density at radius 2 is 0.750 bits per heavy atom. The molecule has 35 valence electrons. The van der Waals surface area contributed by atoms with Crippen molar-refractivity contribution < 1.29 is 17.1 Å². The van der Waals surface area contributed by atoms with E-state index in [-0.39, 0.29) is 41.8 Å². The van der Waals surface area contributed by atoms with Crippen LogP contribution in [0.3, 0.4) is 0 Å². The topological polar surface area (TPSA) is 70.0 Å². The monoisotopic (exact) mass is 133 g/mol. The summed E-state index contributed by atoms with van der Waals surface area (Å²) in [6.07, 6.45) is 0. The molecule has 0 spiro atoms. The third-order valence-corrected chi connectivity index (χ3v) is 0. The van der Waals surface area contributed by atoms with Gasteiger partial charge in [0.05, 0.1) is 0 Å². The van der Waals surface area contributed by atoms with Crippen molar-refractivity contribution in [3.05, 3.63) is 0 Å². The molecule has 0 rings (SSSR count). The molecule has 0 aromatic heterocycles. The van der Waals surface area contributed by atoms with Crippen LogP contribution in [-0.4, -0.2) is 0 Å². The van der Waals surface area contributed by atoms with Gasteiger partial charge >= 0.3 is 0 Å². The van der Waals surface area contributed by atoms with Gasteiger partial charge in [0.25, 0.3) is 0 Å². The molecule has 4 heavy (non-hydrogen) atoms. The van der Waals surface area contributed by atoms with Crippen molar-refractivity contribution in [2.75, 3.05) is 0 Å². The van der Waals surface area contributed by atoms with Gasteiger partial charge in [-0.3, -0.25) is 0 Å². The van der Waals surface area contributed by atoms with Crippen LogP contribution in [0.4, 0.5) is 0 Å². The van der Waals surface area contributed by atoms with E-state index in [1.165, 1.54) is 0 Å². The third kappa shape index (κ3) is 15.3. The average molecular weight is 134 g/mol. The molecule has 0 aromatic rings. The minimum absolute atomic E-state index is 0. The second-order valence-corrected chi connectivity index (χ2v) is 0. The van der Waals surface area contributed by atoms with Gasteiger partial charge in [0.15, 0.2) is 0 Å². The van der Waals surface area contributed by atoms with Crippen molar-refractivity contribution in [3.8, 4) is 0 Å². The molecule has 4 heteroatoms. The average Bonchev–Trinajstić information content (AvgIpc) is 0. The summed E-state index contributed by atoms with van der Waals surface area (Å²) in [6.45, 7) is 0. The van der Waals surface area contributed by atoms with Crippen molar-refractivity contribution in [1.29, 1.82) is 0 Å². The van der Waals surface area contributed by atoms with Gasteiger partial charge in [-0.15, -0.1) is 12.4 Å². The summed E-state index contributed by atoms with van der Waals surface area (Å²) in [4.78, 5) is 0. The predicted octanol–water partition coefficient (Wildman–Crippen LogP) is 0.743. The van der Waals surface area contributed by atoms with Crippen LogP contribution in [0.2, 0.25) is 0 Å². The molecular weight excluding hydrogens is 127 g/mol. The van der Waals surface area contributed by atoms with Crippen molar-refractivity contribution in [3.63, 3.8) is 0 Å².